The van der Waals surface area contributed by atoms with Crippen molar-refractivity contribution in [2.75, 3.05) is 7.11 Å². The van der Waals surface area contributed by atoms with Gasteiger partial charge in [0, 0.05) is 25.2 Å². The topological polar surface area (TPSA) is 59.6 Å². The number of rotatable bonds is 6. The molecule has 0 spiro atoms. The third-order valence-electron chi connectivity index (χ3n) is 5.38. The Labute approximate surface area is 160 Å². The third-order valence-corrected chi connectivity index (χ3v) is 5.38. The van der Waals surface area contributed by atoms with Gasteiger partial charge in [-0.2, -0.15) is 0 Å². The van der Waals surface area contributed by atoms with Crippen LogP contribution in [0.5, 0.6) is 11.5 Å². The predicted molar refractivity (Wildman–Crippen MR) is 104 cm³/mol. The molecule has 142 valence electrons. The van der Waals surface area contributed by atoms with E-state index in [1.54, 1.807) is 19.2 Å². The number of hydrogen-bond donors (Lipinski definition) is 2. The number of carbonyl (C=O) groups excluding carboxylic acids is 1. The molecule has 5 heteroatoms. The van der Waals surface area contributed by atoms with Crippen molar-refractivity contribution in [1.82, 2.24) is 10.6 Å². The molecule has 0 atom stereocenters. The van der Waals surface area contributed by atoms with Gasteiger partial charge in [0.1, 0.15) is 0 Å². The summed E-state index contributed by atoms with van der Waals surface area (Å²) in [6, 6.07) is 11.8. The van der Waals surface area contributed by atoms with Crippen LogP contribution in [0.25, 0.3) is 0 Å². The highest BCUT2D eigenvalue weighted by molar-refractivity contribution is 5.94. The van der Waals surface area contributed by atoms with Gasteiger partial charge in [-0.3, -0.25) is 4.79 Å². The average molecular weight is 366 g/mol. The fourth-order valence-electron chi connectivity index (χ4n) is 3.83. The van der Waals surface area contributed by atoms with Gasteiger partial charge in [-0.05, 0) is 60.6 Å². The third kappa shape index (κ3) is 4.08. The lowest BCUT2D eigenvalue weighted by molar-refractivity contribution is 0.0950. The lowest BCUT2D eigenvalue weighted by Gasteiger charge is -2.16. The molecule has 0 saturated heterocycles. The van der Waals surface area contributed by atoms with Gasteiger partial charge in [-0.25, -0.2) is 0 Å². The summed E-state index contributed by atoms with van der Waals surface area (Å²) in [6.07, 6.45) is 4.86. The zero-order valence-electron chi connectivity index (χ0n) is 15.7. The Morgan fingerprint density at radius 2 is 1.89 bits per heavy atom. The largest absolute Gasteiger partial charge is 0.493 e. The summed E-state index contributed by atoms with van der Waals surface area (Å²) in [5.74, 6) is 1.21. The van der Waals surface area contributed by atoms with Crippen molar-refractivity contribution in [3.63, 3.8) is 0 Å². The molecule has 1 amide bonds. The zero-order chi connectivity index (χ0) is 18.6. The molecular weight excluding hydrogens is 340 g/mol. The van der Waals surface area contributed by atoms with Crippen LogP contribution in [-0.4, -0.2) is 19.1 Å². The number of fused-ring (bicyclic) bond motifs is 1. The highest BCUT2D eigenvalue weighted by Gasteiger charge is 2.19. The van der Waals surface area contributed by atoms with E-state index >= 15 is 0 Å². The van der Waals surface area contributed by atoms with Crippen molar-refractivity contribution < 1.29 is 14.3 Å². The molecule has 1 heterocycles. The standard InChI is InChI=1S/C22H26N2O3/c1-26-21-11-16(8-9-20(21)27-19-4-2-3-5-19)22(25)24-12-15-6-7-17-13-23-14-18(17)10-15/h6-11,19,23H,2-5,12-14H2,1H3,(H,24,25). The van der Waals surface area contributed by atoms with Gasteiger partial charge in [-0.15, -0.1) is 0 Å². The first-order valence-electron chi connectivity index (χ1n) is 9.67. The van der Waals surface area contributed by atoms with E-state index in [1.807, 2.05) is 6.07 Å². The van der Waals surface area contributed by atoms with Crippen molar-refractivity contribution in [2.24, 2.45) is 0 Å². The molecule has 2 aromatic carbocycles. The quantitative estimate of drug-likeness (QED) is 0.821. The minimum absolute atomic E-state index is 0.112. The molecule has 0 aromatic heterocycles. The molecule has 0 bridgehead atoms. The van der Waals surface area contributed by atoms with E-state index in [2.05, 4.69) is 28.8 Å². The molecule has 5 nitrogen and oxygen atoms in total. The van der Waals surface area contributed by atoms with E-state index in [1.165, 1.54) is 24.0 Å². The van der Waals surface area contributed by atoms with Crippen LogP contribution in [0.3, 0.4) is 0 Å². The van der Waals surface area contributed by atoms with Crippen molar-refractivity contribution in [3.05, 3.63) is 58.7 Å². The molecule has 2 N–H and O–H groups in total. The first-order valence-corrected chi connectivity index (χ1v) is 9.67. The highest BCUT2D eigenvalue weighted by atomic mass is 16.5. The molecular formula is C22H26N2O3. The van der Waals surface area contributed by atoms with Crippen molar-refractivity contribution >= 4 is 5.91 Å². The van der Waals surface area contributed by atoms with Crippen LogP contribution in [0.1, 0.15) is 52.7 Å². The monoisotopic (exact) mass is 366 g/mol. The fourth-order valence-corrected chi connectivity index (χ4v) is 3.83. The summed E-state index contributed by atoms with van der Waals surface area (Å²) in [6.45, 7) is 2.34. The molecule has 0 unspecified atom stereocenters. The summed E-state index contributed by atoms with van der Waals surface area (Å²) in [5, 5.41) is 6.33. The Morgan fingerprint density at radius 3 is 2.70 bits per heavy atom. The van der Waals surface area contributed by atoms with E-state index in [0.29, 0.717) is 23.6 Å². The summed E-state index contributed by atoms with van der Waals surface area (Å²) < 4.78 is 11.5. The van der Waals surface area contributed by atoms with Gasteiger partial charge in [0.25, 0.3) is 5.91 Å². The summed E-state index contributed by atoms with van der Waals surface area (Å²) in [4.78, 5) is 12.6. The van der Waals surface area contributed by atoms with Gasteiger partial charge in [0.15, 0.2) is 11.5 Å². The number of ether oxygens (including phenoxy) is 2. The summed E-state index contributed by atoms with van der Waals surface area (Å²) >= 11 is 0. The summed E-state index contributed by atoms with van der Waals surface area (Å²) in [7, 11) is 1.61. The zero-order valence-corrected chi connectivity index (χ0v) is 15.7. The molecule has 1 aliphatic heterocycles. The lowest BCUT2D eigenvalue weighted by atomic mass is 10.1. The van der Waals surface area contributed by atoms with Crippen molar-refractivity contribution in [1.29, 1.82) is 0 Å². The molecule has 2 aliphatic rings. The maximum absolute atomic E-state index is 12.6. The normalized spacial score (nSPS) is 16.2. The van der Waals surface area contributed by atoms with Crippen LogP contribution >= 0.6 is 0 Å². The molecule has 4 rings (SSSR count). The van der Waals surface area contributed by atoms with Crippen LogP contribution in [0.15, 0.2) is 36.4 Å². The van der Waals surface area contributed by atoms with Crippen LogP contribution in [0.4, 0.5) is 0 Å². The predicted octanol–water partition coefficient (Wildman–Crippen LogP) is 3.55. The van der Waals surface area contributed by atoms with Crippen LogP contribution < -0.4 is 20.1 Å². The average Bonchev–Trinajstić information content (AvgIpc) is 3.37. The Hall–Kier alpha value is -2.53. The molecule has 1 fully saturated rings. The first kappa shape index (κ1) is 17.9. The minimum atomic E-state index is -0.112. The Morgan fingerprint density at radius 1 is 1.07 bits per heavy atom. The van der Waals surface area contributed by atoms with E-state index in [0.717, 1.165) is 31.5 Å². The second-order valence-electron chi connectivity index (χ2n) is 7.28. The molecule has 27 heavy (non-hydrogen) atoms. The van der Waals surface area contributed by atoms with Crippen molar-refractivity contribution in [3.8, 4) is 11.5 Å². The number of nitrogens with one attached hydrogen (secondary N) is 2. The molecule has 2 aromatic rings. The van der Waals surface area contributed by atoms with E-state index in [9.17, 15) is 4.79 Å². The number of methoxy groups -OCH3 is 1. The second kappa shape index (κ2) is 8.01. The second-order valence-corrected chi connectivity index (χ2v) is 7.28. The Kier molecular flexibility index (Phi) is 5.30. The Balaban J connectivity index is 1.40. The van der Waals surface area contributed by atoms with Gasteiger partial charge in [0.05, 0.1) is 13.2 Å². The Bertz CT molecular complexity index is 828. The van der Waals surface area contributed by atoms with Gasteiger partial charge < -0.3 is 20.1 Å². The molecule has 0 radical (unpaired) electrons. The van der Waals surface area contributed by atoms with Gasteiger partial charge >= 0.3 is 0 Å². The maximum Gasteiger partial charge on any atom is 0.251 e. The molecule has 1 aliphatic carbocycles. The van der Waals surface area contributed by atoms with E-state index < -0.39 is 0 Å². The fraction of sp³-hybridized carbons (Fsp3) is 0.409. The van der Waals surface area contributed by atoms with Gasteiger partial charge in [-0.1, -0.05) is 18.2 Å². The number of amides is 1. The van der Waals surface area contributed by atoms with Crippen molar-refractivity contribution in [2.45, 2.75) is 51.4 Å². The van der Waals surface area contributed by atoms with E-state index in [4.69, 9.17) is 9.47 Å². The summed E-state index contributed by atoms with van der Waals surface area (Å²) in [5.41, 5.74) is 4.34. The first-order chi connectivity index (χ1) is 13.2. The molecule has 1 saturated carbocycles. The van der Waals surface area contributed by atoms with E-state index in [-0.39, 0.29) is 12.0 Å². The number of carbonyl (C=O) groups is 1. The van der Waals surface area contributed by atoms with Crippen LogP contribution in [0.2, 0.25) is 0 Å². The lowest BCUT2D eigenvalue weighted by Crippen LogP contribution is -2.23. The smallest absolute Gasteiger partial charge is 0.251 e. The van der Waals surface area contributed by atoms with Crippen LogP contribution in [0, 0.1) is 0 Å². The van der Waals surface area contributed by atoms with Crippen LogP contribution in [-0.2, 0) is 19.6 Å². The maximum atomic E-state index is 12.6. The highest BCUT2D eigenvalue weighted by Crippen LogP contribution is 2.32. The SMILES string of the molecule is COc1cc(C(=O)NCc2ccc3c(c2)CNC3)ccc1OC1CCCC1. The van der Waals surface area contributed by atoms with Gasteiger partial charge in [0.2, 0.25) is 0 Å². The minimum Gasteiger partial charge on any atom is -0.493 e. The number of benzene rings is 2. The number of hydrogen-bond acceptors (Lipinski definition) is 4.